The molecule has 0 bridgehead atoms. The van der Waals surface area contributed by atoms with Crippen molar-refractivity contribution < 1.29 is 14.3 Å². The molecular formula is C19H20N4O3S3. The van der Waals surface area contributed by atoms with E-state index in [9.17, 15) is 9.59 Å². The fourth-order valence-corrected chi connectivity index (χ4v) is 5.45. The molecule has 29 heavy (non-hydrogen) atoms. The molecule has 3 aromatic rings. The topological polar surface area (TPSA) is 87.0 Å². The smallest absolute Gasteiger partial charge is 0.323 e. The Kier molecular flexibility index (Phi) is 6.12. The Morgan fingerprint density at radius 3 is 2.79 bits per heavy atom. The number of carbonyl (C=O) groups excluding carboxylic acids is 2. The number of Topliss-reactive ketones (excluding diaryl/α,β-unsaturated/α-hetero) is 1. The Morgan fingerprint density at radius 2 is 2.17 bits per heavy atom. The van der Waals surface area contributed by atoms with Crippen LogP contribution in [-0.2, 0) is 14.3 Å². The number of thiazole rings is 1. The van der Waals surface area contributed by atoms with Crippen LogP contribution in [0.15, 0.2) is 28.0 Å². The van der Waals surface area contributed by atoms with E-state index >= 15 is 0 Å². The molecule has 0 saturated heterocycles. The molecule has 0 aromatic carbocycles. The van der Waals surface area contributed by atoms with E-state index in [4.69, 9.17) is 4.74 Å². The van der Waals surface area contributed by atoms with Gasteiger partial charge in [0.05, 0.1) is 17.2 Å². The van der Waals surface area contributed by atoms with Crippen molar-refractivity contribution in [3.8, 4) is 10.7 Å². The molecule has 7 nitrogen and oxygen atoms in total. The number of aromatic nitrogens is 4. The molecule has 0 N–H and O–H groups in total. The molecular weight excluding hydrogens is 428 g/mol. The number of ketones is 1. The van der Waals surface area contributed by atoms with Crippen LogP contribution < -0.4 is 0 Å². The molecule has 1 atom stereocenters. The van der Waals surface area contributed by atoms with Gasteiger partial charge in [0.2, 0.25) is 0 Å². The molecule has 4 rings (SSSR count). The van der Waals surface area contributed by atoms with E-state index in [1.807, 2.05) is 29.8 Å². The van der Waals surface area contributed by atoms with Gasteiger partial charge >= 0.3 is 5.97 Å². The van der Waals surface area contributed by atoms with Crippen molar-refractivity contribution in [2.24, 2.45) is 0 Å². The van der Waals surface area contributed by atoms with Crippen molar-refractivity contribution in [2.45, 2.75) is 43.8 Å². The predicted octanol–water partition coefficient (Wildman–Crippen LogP) is 4.11. The first kappa shape index (κ1) is 20.2. The van der Waals surface area contributed by atoms with E-state index in [1.165, 1.54) is 23.1 Å². The van der Waals surface area contributed by atoms with Crippen LogP contribution in [0.1, 0.15) is 42.4 Å². The number of rotatable bonds is 9. The van der Waals surface area contributed by atoms with E-state index < -0.39 is 11.9 Å². The minimum atomic E-state index is -0.991. The molecule has 0 amide bonds. The van der Waals surface area contributed by atoms with E-state index in [0.29, 0.717) is 16.2 Å². The van der Waals surface area contributed by atoms with Gasteiger partial charge in [0.25, 0.3) is 0 Å². The summed E-state index contributed by atoms with van der Waals surface area (Å²) in [5.74, 6) is -0.816. The summed E-state index contributed by atoms with van der Waals surface area (Å²) in [6.45, 7) is 3.79. The quantitative estimate of drug-likeness (QED) is 0.276. The van der Waals surface area contributed by atoms with Gasteiger partial charge in [0.15, 0.2) is 22.7 Å². The van der Waals surface area contributed by atoms with Crippen molar-refractivity contribution in [3.05, 3.63) is 33.6 Å². The van der Waals surface area contributed by atoms with Gasteiger partial charge in [0, 0.05) is 17.1 Å². The lowest BCUT2D eigenvalue weighted by Gasteiger charge is -2.12. The number of aryl methyl sites for hydroxylation is 1. The molecule has 1 aliphatic carbocycles. The highest BCUT2D eigenvalue weighted by atomic mass is 32.2. The molecule has 1 aliphatic rings. The summed E-state index contributed by atoms with van der Waals surface area (Å²) < 4.78 is 7.25. The van der Waals surface area contributed by atoms with Gasteiger partial charge in [-0.2, -0.15) is 0 Å². The maximum absolute atomic E-state index is 13.0. The van der Waals surface area contributed by atoms with Crippen LogP contribution in [-0.4, -0.2) is 43.9 Å². The van der Waals surface area contributed by atoms with Gasteiger partial charge in [-0.05, 0) is 38.1 Å². The molecule has 152 valence electrons. The first-order chi connectivity index (χ1) is 14.1. The predicted molar refractivity (Wildman–Crippen MR) is 114 cm³/mol. The second kappa shape index (κ2) is 8.76. The third-order valence-corrected chi connectivity index (χ3v) is 7.25. The van der Waals surface area contributed by atoms with Crippen molar-refractivity contribution in [3.63, 3.8) is 0 Å². The van der Waals surface area contributed by atoms with Crippen LogP contribution in [0.2, 0.25) is 0 Å². The molecule has 3 heterocycles. The maximum Gasteiger partial charge on any atom is 0.323 e. The largest absolute Gasteiger partial charge is 0.465 e. The fourth-order valence-electron chi connectivity index (χ4n) is 2.93. The van der Waals surface area contributed by atoms with Gasteiger partial charge in [0.1, 0.15) is 5.01 Å². The lowest BCUT2D eigenvalue weighted by molar-refractivity contribution is -0.147. The van der Waals surface area contributed by atoms with Gasteiger partial charge in [-0.1, -0.05) is 17.8 Å². The maximum atomic E-state index is 13.0. The number of esters is 1. The number of nitrogens with zero attached hydrogens (tertiary/aromatic N) is 4. The molecule has 0 spiro atoms. The average molecular weight is 449 g/mol. The molecule has 1 saturated carbocycles. The fraction of sp³-hybridized carbons (Fsp3) is 0.421. The highest BCUT2D eigenvalue weighted by molar-refractivity contribution is 7.99. The van der Waals surface area contributed by atoms with Crippen LogP contribution in [0.3, 0.4) is 0 Å². The number of thioether (sulfide) groups is 1. The summed E-state index contributed by atoms with van der Waals surface area (Å²) in [6.07, 6.45) is 2.17. The summed E-state index contributed by atoms with van der Waals surface area (Å²) in [6, 6.07) is 4.39. The Bertz CT molecular complexity index is 1010. The number of hydrogen-bond donors (Lipinski definition) is 0. The lowest BCUT2D eigenvalue weighted by atomic mass is 10.1. The van der Waals surface area contributed by atoms with Gasteiger partial charge < -0.3 is 4.74 Å². The standard InChI is InChI=1S/C19H20N4O3S3/c1-3-26-18(25)15(17-20-11(2)9-28-17)13(24)10-29-19-22-21-16(14-5-4-8-27-14)23(19)12-6-7-12/h4-5,8-9,12,15H,3,6-7,10H2,1-2H3. The summed E-state index contributed by atoms with van der Waals surface area (Å²) in [4.78, 5) is 30.8. The van der Waals surface area contributed by atoms with Crippen molar-refractivity contribution in [2.75, 3.05) is 12.4 Å². The summed E-state index contributed by atoms with van der Waals surface area (Å²) in [7, 11) is 0. The third kappa shape index (κ3) is 4.44. The number of hydrogen-bond acceptors (Lipinski definition) is 9. The van der Waals surface area contributed by atoms with Crippen LogP contribution in [0.5, 0.6) is 0 Å². The van der Waals surface area contributed by atoms with E-state index in [2.05, 4.69) is 19.7 Å². The molecule has 1 fully saturated rings. The van der Waals surface area contributed by atoms with Crippen molar-refractivity contribution >= 4 is 46.2 Å². The summed E-state index contributed by atoms with van der Waals surface area (Å²) in [5.41, 5.74) is 0.786. The molecule has 1 unspecified atom stereocenters. The average Bonchev–Trinajstić information content (AvgIpc) is 3.09. The summed E-state index contributed by atoms with van der Waals surface area (Å²) >= 11 is 4.25. The van der Waals surface area contributed by atoms with Gasteiger partial charge in [-0.15, -0.1) is 32.9 Å². The minimum absolute atomic E-state index is 0.109. The summed E-state index contributed by atoms with van der Waals surface area (Å²) in [5, 5.41) is 13.7. The Morgan fingerprint density at radius 1 is 1.34 bits per heavy atom. The monoisotopic (exact) mass is 448 g/mol. The highest BCUT2D eigenvalue weighted by Crippen LogP contribution is 2.42. The molecule has 10 heteroatoms. The van der Waals surface area contributed by atoms with Crippen molar-refractivity contribution in [1.82, 2.24) is 19.7 Å². The molecule has 0 aliphatic heterocycles. The Balaban J connectivity index is 1.53. The van der Waals surface area contributed by atoms with E-state index in [0.717, 1.165) is 29.2 Å². The van der Waals surface area contributed by atoms with Crippen LogP contribution in [0, 0.1) is 6.92 Å². The second-order valence-electron chi connectivity index (χ2n) is 6.65. The number of ether oxygens (including phenoxy) is 1. The van der Waals surface area contributed by atoms with Gasteiger partial charge in [-0.25, -0.2) is 4.98 Å². The zero-order chi connectivity index (χ0) is 20.4. The van der Waals surface area contributed by atoms with Crippen LogP contribution in [0.4, 0.5) is 0 Å². The number of thiophene rings is 1. The van der Waals surface area contributed by atoms with E-state index in [-0.39, 0.29) is 18.1 Å². The zero-order valence-corrected chi connectivity index (χ0v) is 18.5. The SMILES string of the molecule is CCOC(=O)C(C(=O)CSc1nnc(-c2cccs2)n1C1CC1)c1nc(C)cs1. The normalized spacial score (nSPS) is 14.7. The molecule has 0 radical (unpaired) electrons. The van der Waals surface area contributed by atoms with Gasteiger partial charge in [-0.3, -0.25) is 14.2 Å². The lowest BCUT2D eigenvalue weighted by Crippen LogP contribution is -2.25. The first-order valence-electron chi connectivity index (χ1n) is 9.31. The Labute approximate surface area is 180 Å². The Hall–Kier alpha value is -2.04. The van der Waals surface area contributed by atoms with Crippen LogP contribution in [0.25, 0.3) is 10.7 Å². The highest BCUT2D eigenvalue weighted by Gasteiger charge is 2.34. The number of carbonyl (C=O) groups is 2. The minimum Gasteiger partial charge on any atom is -0.465 e. The second-order valence-corrected chi connectivity index (χ2v) is 9.43. The molecule has 3 aromatic heterocycles. The van der Waals surface area contributed by atoms with Crippen LogP contribution >= 0.6 is 34.4 Å². The third-order valence-electron chi connectivity index (χ3n) is 4.39. The van der Waals surface area contributed by atoms with E-state index in [1.54, 1.807) is 18.3 Å². The zero-order valence-electron chi connectivity index (χ0n) is 16.0. The first-order valence-corrected chi connectivity index (χ1v) is 12.1. The van der Waals surface area contributed by atoms with Crippen molar-refractivity contribution in [1.29, 1.82) is 0 Å².